The highest BCUT2D eigenvalue weighted by Gasteiger charge is 2.26. The lowest BCUT2D eigenvalue weighted by molar-refractivity contribution is -0.161. The summed E-state index contributed by atoms with van der Waals surface area (Å²) in [7, 11) is -4.40. The van der Waals surface area contributed by atoms with Crippen molar-refractivity contribution in [2.75, 3.05) is 26.4 Å². The molecule has 0 aliphatic rings. The second-order valence-corrected chi connectivity index (χ2v) is 24.8. The van der Waals surface area contributed by atoms with Crippen molar-refractivity contribution in [3.05, 3.63) is 72.9 Å². The van der Waals surface area contributed by atoms with Crippen LogP contribution in [-0.2, 0) is 32.7 Å². The first-order chi connectivity index (χ1) is 40.3. The van der Waals surface area contributed by atoms with Crippen molar-refractivity contribution in [2.45, 2.75) is 347 Å². The molecule has 82 heavy (non-hydrogen) atoms. The van der Waals surface area contributed by atoms with E-state index in [0.29, 0.717) is 6.42 Å². The molecule has 2 atom stereocenters. The van der Waals surface area contributed by atoms with Crippen LogP contribution in [0.2, 0.25) is 0 Å². The fourth-order valence-electron chi connectivity index (χ4n) is 10.2. The van der Waals surface area contributed by atoms with Crippen LogP contribution in [-0.4, -0.2) is 49.3 Å². The number of nitrogens with two attached hydrogens (primary N) is 1. The molecule has 0 saturated heterocycles. The lowest BCUT2D eigenvalue weighted by atomic mass is 10.0. The molecule has 0 fully saturated rings. The Morgan fingerprint density at radius 2 is 0.671 bits per heavy atom. The van der Waals surface area contributed by atoms with Gasteiger partial charge in [0.1, 0.15) is 6.61 Å². The van der Waals surface area contributed by atoms with Gasteiger partial charge < -0.3 is 20.1 Å². The summed E-state index contributed by atoms with van der Waals surface area (Å²) in [5, 5.41) is 0. The zero-order chi connectivity index (χ0) is 59.4. The average Bonchev–Trinajstić information content (AvgIpc) is 3.47. The average molecular weight is 1170 g/mol. The fraction of sp³-hybridized carbons (Fsp3) is 0.806. The van der Waals surface area contributed by atoms with E-state index < -0.39 is 26.5 Å². The summed E-state index contributed by atoms with van der Waals surface area (Å²) in [6.07, 6.45) is 88.7. The summed E-state index contributed by atoms with van der Waals surface area (Å²) in [6, 6.07) is 0. The molecule has 2 unspecified atom stereocenters. The van der Waals surface area contributed by atoms with E-state index in [-0.39, 0.29) is 38.6 Å². The minimum absolute atomic E-state index is 0.0488. The molecule has 0 aromatic carbocycles. The highest BCUT2D eigenvalue weighted by atomic mass is 31.2. The summed E-state index contributed by atoms with van der Waals surface area (Å²) in [4.78, 5) is 35.3. The van der Waals surface area contributed by atoms with Gasteiger partial charge in [-0.05, 0) is 64.2 Å². The molecular formula is C72H132NO8P. The van der Waals surface area contributed by atoms with E-state index in [9.17, 15) is 19.0 Å². The third-order valence-electron chi connectivity index (χ3n) is 15.4. The third-order valence-corrected chi connectivity index (χ3v) is 16.3. The first-order valence-electron chi connectivity index (χ1n) is 34.9. The molecule has 0 saturated carbocycles. The van der Waals surface area contributed by atoms with Crippen LogP contribution in [0.3, 0.4) is 0 Å². The van der Waals surface area contributed by atoms with Crippen LogP contribution in [0, 0.1) is 0 Å². The van der Waals surface area contributed by atoms with Gasteiger partial charge in [0.15, 0.2) is 6.10 Å². The summed E-state index contributed by atoms with van der Waals surface area (Å²) in [5.74, 6) is -0.834. The Bertz CT molecular complexity index is 1570. The third kappa shape index (κ3) is 66.6. The normalized spacial score (nSPS) is 13.4. The number of phosphoric acid groups is 1. The van der Waals surface area contributed by atoms with Gasteiger partial charge in [0.2, 0.25) is 0 Å². The second kappa shape index (κ2) is 67.6. The second-order valence-electron chi connectivity index (χ2n) is 23.4. The minimum atomic E-state index is -4.40. The zero-order valence-corrected chi connectivity index (χ0v) is 54.6. The summed E-state index contributed by atoms with van der Waals surface area (Å²) >= 11 is 0. The van der Waals surface area contributed by atoms with Crippen LogP contribution in [0.4, 0.5) is 0 Å². The van der Waals surface area contributed by atoms with E-state index in [1.807, 2.05) is 0 Å². The van der Waals surface area contributed by atoms with Crippen LogP contribution in [0.25, 0.3) is 0 Å². The van der Waals surface area contributed by atoms with Gasteiger partial charge in [-0.1, -0.05) is 337 Å². The number of carbonyl (C=O) groups is 2. The Hall–Kier alpha value is -2.55. The maximum atomic E-state index is 12.7. The molecule has 0 aliphatic carbocycles. The van der Waals surface area contributed by atoms with Crippen molar-refractivity contribution >= 4 is 19.8 Å². The molecule has 9 nitrogen and oxygen atoms in total. The first-order valence-corrected chi connectivity index (χ1v) is 36.4. The van der Waals surface area contributed by atoms with E-state index in [0.717, 1.165) is 96.3 Å². The number of phosphoric ester groups is 1. The Kier molecular flexibility index (Phi) is 65.5. The summed E-state index contributed by atoms with van der Waals surface area (Å²) in [6.45, 7) is 3.66. The van der Waals surface area contributed by atoms with Crippen molar-refractivity contribution in [3.8, 4) is 0 Å². The molecule has 0 amide bonds. The van der Waals surface area contributed by atoms with Gasteiger partial charge in [-0.25, -0.2) is 4.57 Å². The maximum Gasteiger partial charge on any atom is 0.472 e. The van der Waals surface area contributed by atoms with Crippen molar-refractivity contribution in [1.29, 1.82) is 0 Å². The number of allylic oxidation sites excluding steroid dienone is 12. The monoisotopic (exact) mass is 1170 g/mol. The van der Waals surface area contributed by atoms with Crippen LogP contribution in [0.1, 0.15) is 341 Å². The van der Waals surface area contributed by atoms with Gasteiger partial charge in [0.05, 0.1) is 13.2 Å². The molecule has 478 valence electrons. The van der Waals surface area contributed by atoms with Gasteiger partial charge in [0.25, 0.3) is 0 Å². The fourth-order valence-corrected chi connectivity index (χ4v) is 11.0. The topological polar surface area (TPSA) is 134 Å². The van der Waals surface area contributed by atoms with Crippen molar-refractivity contribution in [2.24, 2.45) is 5.73 Å². The Morgan fingerprint density at radius 1 is 0.378 bits per heavy atom. The molecule has 0 rings (SSSR count). The lowest BCUT2D eigenvalue weighted by Gasteiger charge is -2.19. The quantitative estimate of drug-likeness (QED) is 0.0264. The lowest BCUT2D eigenvalue weighted by Crippen LogP contribution is -2.29. The summed E-state index contributed by atoms with van der Waals surface area (Å²) in [5.41, 5.74) is 5.40. The smallest absolute Gasteiger partial charge is 0.462 e. The molecule has 0 aromatic heterocycles. The standard InChI is InChI=1S/C72H132NO8P/c1-3-5-7-9-11-13-15-17-19-21-23-25-27-29-30-31-32-33-34-35-36-37-38-39-41-42-44-46-48-50-52-54-56-58-60-62-64-71(74)78-68-70(69-80-82(76,77)79-67-66-73)81-72(75)65-63-61-59-57-55-53-51-49-47-45-43-40-28-26-24-22-20-18-16-14-12-10-8-6-4-2/h6,8,12,14,18,20,24,26,40,43,47,49,70H,3-5,7,9-11,13,15-17,19,21-23,25,27-39,41-42,44-46,48,50-69,73H2,1-2H3,(H,76,77)/b8-6-,14-12-,20-18-,26-24-,43-40-,49-47-. The van der Waals surface area contributed by atoms with Gasteiger partial charge >= 0.3 is 19.8 Å². The predicted octanol–water partition coefficient (Wildman–Crippen LogP) is 22.8. The Labute approximate surface area is 507 Å². The molecule has 0 aromatic rings. The van der Waals surface area contributed by atoms with Crippen LogP contribution >= 0.6 is 7.82 Å². The maximum absolute atomic E-state index is 12.7. The number of unbranched alkanes of at least 4 members (excludes halogenated alkanes) is 41. The highest BCUT2D eigenvalue weighted by molar-refractivity contribution is 7.47. The number of carbonyl (C=O) groups excluding carboxylic acids is 2. The number of rotatable bonds is 66. The van der Waals surface area contributed by atoms with Crippen LogP contribution in [0.15, 0.2) is 72.9 Å². The van der Waals surface area contributed by atoms with Crippen LogP contribution < -0.4 is 5.73 Å². The Morgan fingerprint density at radius 3 is 1.00 bits per heavy atom. The highest BCUT2D eigenvalue weighted by Crippen LogP contribution is 2.43. The minimum Gasteiger partial charge on any atom is -0.462 e. The zero-order valence-electron chi connectivity index (χ0n) is 53.7. The molecule has 0 radical (unpaired) electrons. The number of hydrogen-bond donors (Lipinski definition) is 2. The SMILES string of the molecule is CC/C=C\C/C=C\C/C=C\C/C=C\C/C=C\C/C=C\CCCCCCCCC(=O)OC(COC(=O)CCCCCCCCCCCCCCCCCCCCCCCCCCCCCCCCCCCCCC)COP(=O)(O)OCCN. The van der Waals surface area contributed by atoms with Gasteiger partial charge in [-0.3, -0.25) is 18.6 Å². The first kappa shape index (κ1) is 79.5. The van der Waals surface area contributed by atoms with E-state index in [2.05, 4.69) is 86.8 Å². The van der Waals surface area contributed by atoms with Gasteiger partial charge in [-0.2, -0.15) is 0 Å². The van der Waals surface area contributed by atoms with Crippen LogP contribution in [0.5, 0.6) is 0 Å². The predicted molar refractivity (Wildman–Crippen MR) is 353 cm³/mol. The molecule has 3 N–H and O–H groups in total. The number of ether oxygens (including phenoxy) is 2. The molecule has 0 spiro atoms. The molecule has 10 heteroatoms. The van der Waals surface area contributed by atoms with Gasteiger partial charge in [-0.15, -0.1) is 0 Å². The summed E-state index contributed by atoms with van der Waals surface area (Å²) < 4.78 is 33.1. The van der Waals surface area contributed by atoms with E-state index >= 15 is 0 Å². The molecular weight excluding hydrogens is 1040 g/mol. The van der Waals surface area contributed by atoms with E-state index in [1.54, 1.807) is 0 Å². The van der Waals surface area contributed by atoms with E-state index in [4.69, 9.17) is 24.3 Å². The van der Waals surface area contributed by atoms with Gasteiger partial charge in [0, 0.05) is 19.4 Å². The van der Waals surface area contributed by atoms with Crippen molar-refractivity contribution < 1.29 is 37.6 Å². The van der Waals surface area contributed by atoms with E-state index in [1.165, 1.54) is 212 Å². The molecule has 0 heterocycles. The Balaban J connectivity index is 3.84. The molecule has 0 bridgehead atoms. The van der Waals surface area contributed by atoms with Crippen molar-refractivity contribution in [3.63, 3.8) is 0 Å². The van der Waals surface area contributed by atoms with Crippen molar-refractivity contribution in [1.82, 2.24) is 0 Å². The largest absolute Gasteiger partial charge is 0.472 e. The number of hydrogen-bond acceptors (Lipinski definition) is 8. The number of esters is 2. The molecule has 0 aliphatic heterocycles.